The van der Waals surface area contributed by atoms with Crippen LogP contribution in [0.5, 0.6) is 0 Å². The molecule has 12 heavy (non-hydrogen) atoms. The zero-order valence-electron chi connectivity index (χ0n) is 7.88. The second-order valence-electron chi connectivity index (χ2n) is 3.50. The lowest BCUT2D eigenvalue weighted by Gasteiger charge is -2.16. The minimum absolute atomic E-state index is 0.571. The van der Waals surface area contributed by atoms with E-state index >= 15 is 0 Å². The third-order valence-electron chi connectivity index (χ3n) is 2.32. The van der Waals surface area contributed by atoms with Crippen molar-refractivity contribution in [2.45, 2.75) is 25.3 Å². The fourth-order valence-corrected chi connectivity index (χ4v) is 1.43. The van der Waals surface area contributed by atoms with Crippen molar-refractivity contribution in [1.29, 1.82) is 0 Å². The number of hydrogen-bond donors (Lipinski definition) is 2. The van der Waals surface area contributed by atoms with E-state index in [4.69, 9.17) is 10.5 Å². The van der Waals surface area contributed by atoms with Crippen LogP contribution in [0.1, 0.15) is 19.3 Å². The first kappa shape index (κ1) is 9.96. The van der Waals surface area contributed by atoms with Crippen molar-refractivity contribution >= 4 is 0 Å². The van der Waals surface area contributed by atoms with Gasteiger partial charge in [-0.05, 0) is 38.3 Å². The molecule has 1 atom stereocenters. The molecule has 0 radical (unpaired) electrons. The quantitative estimate of drug-likeness (QED) is 0.545. The molecule has 3 N–H and O–H groups in total. The van der Waals surface area contributed by atoms with Gasteiger partial charge in [-0.3, -0.25) is 0 Å². The zero-order chi connectivity index (χ0) is 8.81. The number of methoxy groups -OCH3 is 1. The highest BCUT2D eigenvalue weighted by atomic mass is 16.5. The maximum absolute atomic E-state index is 5.41. The Bertz CT molecular complexity index is 115. The molecule has 1 aliphatic carbocycles. The highest BCUT2D eigenvalue weighted by Crippen LogP contribution is 2.32. The van der Waals surface area contributed by atoms with Crippen LogP contribution in [0.4, 0.5) is 0 Å². The molecule has 0 aromatic rings. The van der Waals surface area contributed by atoms with Gasteiger partial charge in [-0.1, -0.05) is 0 Å². The third-order valence-corrected chi connectivity index (χ3v) is 2.32. The zero-order valence-corrected chi connectivity index (χ0v) is 7.88. The maximum atomic E-state index is 5.41. The lowest BCUT2D eigenvalue weighted by atomic mass is 10.2. The Balaban J connectivity index is 2.05. The topological polar surface area (TPSA) is 47.3 Å². The highest BCUT2D eigenvalue weighted by Gasteiger charge is 2.30. The summed E-state index contributed by atoms with van der Waals surface area (Å²) in [5.74, 6) is 0.864. The van der Waals surface area contributed by atoms with Gasteiger partial charge < -0.3 is 15.8 Å². The number of nitrogens with one attached hydrogen (secondary N) is 1. The van der Waals surface area contributed by atoms with Crippen molar-refractivity contribution in [1.82, 2.24) is 5.32 Å². The van der Waals surface area contributed by atoms with Gasteiger partial charge in [0.05, 0.1) is 6.61 Å². The van der Waals surface area contributed by atoms with Gasteiger partial charge in [-0.25, -0.2) is 0 Å². The van der Waals surface area contributed by atoms with Crippen LogP contribution >= 0.6 is 0 Å². The van der Waals surface area contributed by atoms with Crippen molar-refractivity contribution in [3.05, 3.63) is 0 Å². The molecule has 1 saturated carbocycles. The summed E-state index contributed by atoms with van der Waals surface area (Å²) in [6.45, 7) is 2.65. The largest absolute Gasteiger partial charge is 0.383 e. The van der Waals surface area contributed by atoms with Gasteiger partial charge in [0.2, 0.25) is 0 Å². The summed E-state index contributed by atoms with van der Waals surface area (Å²) in [6, 6.07) is 0.571. The molecule has 1 unspecified atom stereocenters. The average molecular weight is 172 g/mol. The van der Waals surface area contributed by atoms with E-state index < -0.39 is 0 Å². The summed E-state index contributed by atoms with van der Waals surface area (Å²) in [7, 11) is 1.76. The van der Waals surface area contributed by atoms with Gasteiger partial charge >= 0.3 is 0 Å². The van der Waals surface area contributed by atoms with E-state index in [-0.39, 0.29) is 0 Å². The second kappa shape index (κ2) is 5.51. The van der Waals surface area contributed by atoms with Crippen LogP contribution in [-0.4, -0.2) is 32.8 Å². The molecule has 0 heterocycles. The summed E-state index contributed by atoms with van der Waals surface area (Å²) >= 11 is 0. The fourth-order valence-electron chi connectivity index (χ4n) is 1.43. The van der Waals surface area contributed by atoms with E-state index in [0.717, 1.165) is 32.0 Å². The van der Waals surface area contributed by atoms with E-state index in [1.165, 1.54) is 12.8 Å². The molecule has 1 aliphatic rings. The van der Waals surface area contributed by atoms with Crippen molar-refractivity contribution in [3.8, 4) is 0 Å². The van der Waals surface area contributed by atoms with Crippen LogP contribution in [0.15, 0.2) is 0 Å². The third kappa shape index (κ3) is 3.52. The molecule has 72 valence electrons. The van der Waals surface area contributed by atoms with Crippen molar-refractivity contribution in [2.75, 3.05) is 26.8 Å². The van der Waals surface area contributed by atoms with Crippen LogP contribution in [0.3, 0.4) is 0 Å². The highest BCUT2D eigenvalue weighted by molar-refractivity contribution is 4.86. The average Bonchev–Trinajstić information content (AvgIpc) is 2.86. The van der Waals surface area contributed by atoms with Crippen LogP contribution in [0.2, 0.25) is 0 Å². The van der Waals surface area contributed by atoms with Crippen LogP contribution in [0, 0.1) is 5.92 Å². The smallest absolute Gasteiger partial charge is 0.0618 e. The molecule has 0 amide bonds. The lowest BCUT2D eigenvalue weighted by molar-refractivity contribution is 0.157. The Morgan fingerprint density at radius 3 is 2.83 bits per heavy atom. The first-order valence-electron chi connectivity index (χ1n) is 4.81. The Morgan fingerprint density at radius 2 is 2.33 bits per heavy atom. The van der Waals surface area contributed by atoms with Crippen LogP contribution < -0.4 is 11.1 Å². The molecule has 0 aromatic carbocycles. The SMILES string of the molecule is COCC(NCCCN)C1CC1. The van der Waals surface area contributed by atoms with E-state index in [0.29, 0.717) is 6.04 Å². The molecule has 0 saturated heterocycles. The molecule has 0 aliphatic heterocycles. The molecular formula is C9H20N2O. The molecule has 0 aromatic heterocycles. The van der Waals surface area contributed by atoms with E-state index in [1.807, 2.05) is 0 Å². The van der Waals surface area contributed by atoms with E-state index in [2.05, 4.69) is 5.32 Å². The summed E-state index contributed by atoms with van der Waals surface area (Å²) in [5, 5.41) is 3.48. The summed E-state index contributed by atoms with van der Waals surface area (Å²) in [6.07, 6.45) is 3.79. The standard InChI is InChI=1S/C9H20N2O/c1-12-7-9(8-3-4-8)11-6-2-5-10/h8-9,11H,2-7,10H2,1H3. The Morgan fingerprint density at radius 1 is 1.58 bits per heavy atom. The molecule has 0 bridgehead atoms. The summed E-state index contributed by atoms with van der Waals surface area (Å²) in [5.41, 5.74) is 5.41. The van der Waals surface area contributed by atoms with Gasteiger partial charge in [0, 0.05) is 13.2 Å². The molecule has 0 spiro atoms. The Hall–Kier alpha value is -0.120. The summed E-state index contributed by atoms with van der Waals surface area (Å²) in [4.78, 5) is 0. The van der Waals surface area contributed by atoms with Crippen LogP contribution in [0.25, 0.3) is 0 Å². The molecule has 1 fully saturated rings. The monoisotopic (exact) mass is 172 g/mol. The first-order chi connectivity index (χ1) is 5.88. The van der Waals surface area contributed by atoms with Crippen molar-refractivity contribution in [3.63, 3.8) is 0 Å². The van der Waals surface area contributed by atoms with Crippen molar-refractivity contribution in [2.24, 2.45) is 11.7 Å². The molecule has 3 heteroatoms. The van der Waals surface area contributed by atoms with E-state index in [9.17, 15) is 0 Å². The molecule has 1 rings (SSSR count). The number of ether oxygens (including phenoxy) is 1. The number of nitrogens with two attached hydrogens (primary N) is 1. The van der Waals surface area contributed by atoms with Gasteiger partial charge in [0.1, 0.15) is 0 Å². The van der Waals surface area contributed by atoms with Crippen LogP contribution in [-0.2, 0) is 4.74 Å². The molecule has 3 nitrogen and oxygen atoms in total. The van der Waals surface area contributed by atoms with Gasteiger partial charge in [-0.15, -0.1) is 0 Å². The van der Waals surface area contributed by atoms with Gasteiger partial charge in [0.25, 0.3) is 0 Å². The first-order valence-corrected chi connectivity index (χ1v) is 4.81. The fraction of sp³-hybridized carbons (Fsp3) is 1.00. The molecular weight excluding hydrogens is 152 g/mol. The van der Waals surface area contributed by atoms with Gasteiger partial charge in [-0.2, -0.15) is 0 Å². The minimum Gasteiger partial charge on any atom is -0.383 e. The maximum Gasteiger partial charge on any atom is 0.0618 e. The predicted molar refractivity (Wildman–Crippen MR) is 50.1 cm³/mol. The number of rotatable bonds is 7. The van der Waals surface area contributed by atoms with Crippen molar-refractivity contribution < 1.29 is 4.74 Å². The Kier molecular flexibility index (Phi) is 4.58. The lowest BCUT2D eigenvalue weighted by Crippen LogP contribution is -2.36. The van der Waals surface area contributed by atoms with Gasteiger partial charge in [0.15, 0.2) is 0 Å². The Labute approximate surface area is 74.7 Å². The summed E-state index contributed by atoms with van der Waals surface area (Å²) < 4.78 is 5.14. The second-order valence-corrected chi connectivity index (χ2v) is 3.50. The minimum atomic E-state index is 0.571. The van der Waals surface area contributed by atoms with E-state index in [1.54, 1.807) is 7.11 Å². The predicted octanol–water partition coefficient (Wildman–Crippen LogP) is 0.350. The normalized spacial score (nSPS) is 19.5. The number of hydrogen-bond acceptors (Lipinski definition) is 3.